The maximum absolute atomic E-state index is 13.2. The van der Waals surface area contributed by atoms with Gasteiger partial charge in [0.2, 0.25) is 5.95 Å². The number of ether oxygens (including phenoxy) is 2. The Morgan fingerprint density at radius 3 is 2.15 bits per heavy atom. The lowest BCUT2D eigenvalue weighted by molar-refractivity contribution is -0.141. The van der Waals surface area contributed by atoms with Crippen LogP contribution < -0.4 is 20.1 Å². The fraction of sp³-hybridized carbons (Fsp3) is 0.412. The molecule has 0 saturated carbocycles. The zero-order valence-corrected chi connectivity index (χ0v) is 15.5. The first-order valence-corrected chi connectivity index (χ1v) is 8.06. The first-order valence-electron chi connectivity index (χ1n) is 8.06. The second kappa shape index (κ2) is 8.76. The van der Waals surface area contributed by atoms with Crippen LogP contribution >= 0.6 is 0 Å². The Morgan fingerprint density at radius 2 is 1.63 bits per heavy atom. The normalized spacial score (nSPS) is 11.4. The summed E-state index contributed by atoms with van der Waals surface area (Å²) in [5.41, 5.74) is -0.570. The van der Waals surface area contributed by atoms with Crippen LogP contribution in [-0.4, -0.2) is 56.3 Å². The summed E-state index contributed by atoms with van der Waals surface area (Å²) in [6.07, 6.45) is -4.59. The third-order valence-corrected chi connectivity index (χ3v) is 3.48. The molecule has 10 heteroatoms. The van der Waals surface area contributed by atoms with E-state index in [0.717, 1.165) is 6.07 Å². The zero-order valence-electron chi connectivity index (χ0n) is 15.5. The Bertz CT molecular complexity index is 746. The van der Waals surface area contributed by atoms with Gasteiger partial charge in [0.05, 0.1) is 14.2 Å². The zero-order chi connectivity index (χ0) is 20.0. The highest BCUT2D eigenvalue weighted by Crippen LogP contribution is 2.32. The molecule has 1 aromatic carbocycles. The minimum atomic E-state index is -4.59. The van der Waals surface area contributed by atoms with Crippen LogP contribution in [0.25, 0.3) is 0 Å². The number of methoxy groups -OCH3 is 2. The Morgan fingerprint density at radius 1 is 1.00 bits per heavy atom. The van der Waals surface area contributed by atoms with E-state index < -0.39 is 11.9 Å². The predicted octanol–water partition coefficient (Wildman–Crippen LogP) is 3.23. The molecule has 1 heterocycles. The molecule has 0 atom stereocenters. The molecule has 148 valence electrons. The summed E-state index contributed by atoms with van der Waals surface area (Å²) in [4.78, 5) is 9.56. The Hall–Kier alpha value is -2.75. The highest BCUT2D eigenvalue weighted by molar-refractivity contribution is 5.62. The number of nitrogens with zero attached hydrogens (tertiary/aromatic N) is 3. The summed E-state index contributed by atoms with van der Waals surface area (Å²) in [6, 6.07) is 5.75. The Labute approximate surface area is 155 Å². The number of benzene rings is 1. The van der Waals surface area contributed by atoms with Crippen LogP contribution in [0.1, 0.15) is 5.69 Å². The average Bonchev–Trinajstić information content (AvgIpc) is 2.60. The van der Waals surface area contributed by atoms with Crippen molar-refractivity contribution in [1.82, 2.24) is 14.9 Å². The SMILES string of the molecule is COc1cc(Nc2cc(C(F)(F)F)nc(NCCN(C)C)n2)cc(OC)c1. The van der Waals surface area contributed by atoms with Crippen LogP contribution in [-0.2, 0) is 6.18 Å². The van der Waals surface area contributed by atoms with Crippen molar-refractivity contribution in [2.24, 2.45) is 0 Å². The first-order chi connectivity index (χ1) is 12.7. The number of alkyl halides is 3. The summed E-state index contributed by atoms with van der Waals surface area (Å²) in [5, 5.41) is 5.65. The molecule has 0 aliphatic carbocycles. The molecule has 0 aliphatic heterocycles. The monoisotopic (exact) mass is 385 g/mol. The third kappa shape index (κ3) is 6.17. The van der Waals surface area contributed by atoms with E-state index in [4.69, 9.17) is 9.47 Å². The van der Waals surface area contributed by atoms with Gasteiger partial charge in [0, 0.05) is 43.0 Å². The van der Waals surface area contributed by atoms with E-state index in [0.29, 0.717) is 30.3 Å². The number of rotatable bonds is 8. The molecular weight excluding hydrogens is 363 g/mol. The second-order valence-corrected chi connectivity index (χ2v) is 5.92. The van der Waals surface area contributed by atoms with Crippen LogP contribution in [0.5, 0.6) is 11.5 Å². The first kappa shape index (κ1) is 20.6. The molecular formula is C17H22F3N5O2. The molecule has 2 aromatic rings. The van der Waals surface area contributed by atoms with Gasteiger partial charge in [-0.15, -0.1) is 0 Å². The quantitative estimate of drug-likeness (QED) is 0.723. The van der Waals surface area contributed by atoms with Crippen molar-refractivity contribution < 1.29 is 22.6 Å². The topological polar surface area (TPSA) is 71.5 Å². The van der Waals surface area contributed by atoms with Crippen molar-refractivity contribution in [3.63, 3.8) is 0 Å². The number of anilines is 3. The average molecular weight is 385 g/mol. The van der Waals surface area contributed by atoms with Gasteiger partial charge in [0.25, 0.3) is 0 Å². The van der Waals surface area contributed by atoms with E-state index in [1.807, 2.05) is 19.0 Å². The van der Waals surface area contributed by atoms with Gasteiger partial charge in [0.1, 0.15) is 17.3 Å². The number of aromatic nitrogens is 2. The van der Waals surface area contributed by atoms with E-state index in [2.05, 4.69) is 20.6 Å². The molecule has 0 spiro atoms. The summed E-state index contributed by atoms with van der Waals surface area (Å²) in [5.74, 6) is 0.876. The third-order valence-electron chi connectivity index (χ3n) is 3.48. The van der Waals surface area contributed by atoms with Crippen molar-refractivity contribution in [2.75, 3.05) is 52.0 Å². The number of likely N-dealkylation sites (N-methyl/N-ethyl adjacent to an activating group) is 1. The van der Waals surface area contributed by atoms with Gasteiger partial charge in [-0.25, -0.2) is 4.98 Å². The highest BCUT2D eigenvalue weighted by atomic mass is 19.4. The molecule has 0 fully saturated rings. The summed E-state index contributed by atoms with van der Waals surface area (Å²) < 4.78 is 49.9. The fourth-order valence-electron chi connectivity index (χ4n) is 2.15. The molecule has 7 nitrogen and oxygen atoms in total. The van der Waals surface area contributed by atoms with Gasteiger partial charge in [0.15, 0.2) is 5.69 Å². The van der Waals surface area contributed by atoms with Gasteiger partial charge in [-0.1, -0.05) is 0 Å². The van der Waals surface area contributed by atoms with Gasteiger partial charge < -0.3 is 25.0 Å². The summed E-state index contributed by atoms with van der Waals surface area (Å²) in [7, 11) is 6.69. The number of nitrogens with one attached hydrogen (secondary N) is 2. The molecule has 0 saturated heterocycles. The van der Waals surface area contributed by atoms with Gasteiger partial charge in [-0.2, -0.15) is 18.2 Å². The molecule has 2 rings (SSSR count). The number of halogens is 3. The van der Waals surface area contributed by atoms with Crippen molar-refractivity contribution in [1.29, 1.82) is 0 Å². The predicted molar refractivity (Wildman–Crippen MR) is 96.9 cm³/mol. The molecule has 2 N–H and O–H groups in total. The molecule has 0 bridgehead atoms. The molecule has 0 amide bonds. The minimum absolute atomic E-state index is 0.0000146. The lowest BCUT2D eigenvalue weighted by Crippen LogP contribution is -2.22. The lowest BCUT2D eigenvalue weighted by atomic mass is 10.2. The Balaban J connectivity index is 2.32. The van der Waals surface area contributed by atoms with Gasteiger partial charge in [-0.05, 0) is 14.1 Å². The largest absolute Gasteiger partial charge is 0.497 e. The van der Waals surface area contributed by atoms with E-state index >= 15 is 0 Å². The molecule has 27 heavy (non-hydrogen) atoms. The van der Waals surface area contributed by atoms with Crippen LogP contribution in [0.2, 0.25) is 0 Å². The van der Waals surface area contributed by atoms with Crippen molar-refractivity contribution in [3.05, 3.63) is 30.0 Å². The van der Waals surface area contributed by atoms with E-state index in [-0.39, 0.29) is 11.8 Å². The van der Waals surface area contributed by atoms with Crippen LogP contribution in [0.3, 0.4) is 0 Å². The lowest BCUT2D eigenvalue weighted by Gasteiger charge is -2.15. The van der Waals surface area contributed by atoms with Crippen LogP contribution in [0.4, 0.5) is 30.6 Å². The van der Waals surface area contributed by atoms with E-state index in [1.165, 1.54) is 14.2 Å². The fourth-order valence-corrected chi connectivity index (χ4v) is 2.15. The minimum Gasteiger partial charge on any atom is -0.497 e. The van der Waals surface area contributed by atoms with Crippen LogP contribution in [0.15, 0.2) is 24.3 Å². The molecule has 0 unspecified atom stereocenters. The summed E-state index contributed by atoms with van der Waals surface area (Å²) in [6.45, 7) is 1.02. The maximum atomic E-state index is 13.2. The van der Waals surface area contributed by atoms with Gasteiger partial charge >= 0.3 is 6.18 Å². The highest BCUT2D eigenvalue weighted by Gasteiger charge is 2.33. The Kier molecular flexibility index (Phi) is 6.67. The molecule has 1 aromatic heterocycles. The van der Waals surface area contributed by atoms with Crippen molar-refractivity contribution >= 4 is 17.5 Å². The molecule has 0 aliphatic rings. The summed E-state index contributed by atoms with van der Waals surface area (Å²) >= 11 is 0. The standard InChI is InChI=1S/C17H22F3N5O2/c1-25(2)6-5-21-16-23-14(17(18,19)20)10-15(24-16)22-11-7-12(26-3)9-13(8-11)27-4/h7-10H,5-6H2,1-4H3,(H2,21,22,23,24). The molecule has 0 radical (unpaired) electrons. The van der Waals surface area contributed by atoms with E-state index in [1.54, 1.807) is 18.2 Å². The number of hydrogen-bond donors (Lipinski definition) is 2. The van der Waals surface area contributed by atoms with Gasteiger partial charge in [-0.3, -0.25) is 0 Å². The van der Waals surface area contributed by atoms with Crippen LogP contribution in [0, 0.1) is 0 Å². The van der Waals surface area contributed by atoms with Crippen molar-refractivity contribution in [3.8, 4) is 11.5 Å². The van der Waals surface area contributed by atoms with Crippen molar-refractivity contribution in [2.45, 2.75) is 6.18 Å². The maximum Gasteiger partial charge on any atom is 0.433 e. The second-order valence-electron chi connectivity index (χ2n) is 5.92. The smallest absolute Gasteiger partial charge is 0.433 e. The number of hydrogen-bond acceptors (Lipinski definition) is 7. The van der Waals surface area contributed by atoms with E-state index in [9.17, 15) is 13.2 Å².